The number of benzene rings is 2. The molecule has 0 amide bonds. The normalized spacial score (nSPS) is 11.2. The molecule has 22 heavy (non-hydrogen) atoms. The predicted molar refractivity (Wildman–Crippen MR) is 84.7 cm³/mol. The molecule has 118 valence electrons. The SMILES string of the molecule is COc1cc(CCNc2ccc(S(C)(=O)=O)cc2)ccc1F. The summed E-state index contributed by atoms with van der Waals surface area (Å²) in [5, 5.41) is 3.19. The van der Waals surface area contributed by atoms with Crippen LogP contribution in [0.5, 0.6) is 5.75 Å². The Bertz CT molecular complexity index is 742. The first-order valence-corrected chi connectivity index (χ1v) is 8.65. The molecule has 0 heterocycles. The van der Waals surface area contributed by atoms with Gasteiger partial charge in [0.1, 0.15) is 0 Å². The third-order valence-corrected chi connectivity index (χ3v) is 4.37. The van der Waals surface area contributed by atoms with Gasteiger partial charge in [-0.25, -0.2) is 12.8 Å². The molecule has 0 bridgehead atoms. The van der Waals surface area contributed by atoms with Gasteiger partial charge in [-0.05, 0) is 48.4 Å². The summed E-state index contributed by atoms with van der Waals surface area (Å²) < 4.78 is 41.0. The minimum atomic E-state index is -3.17. The Morgan fingerprint density at radius 3 is 2.41 bits per heavy atom. The molecule has 0 spiro atoms. The molecule has 0 fully saturated rings. The van der Waals surface area contributed by atoms with Crippen LogP contribution in [0.2, 0.25) is 0 Å². The maximum Gasteiger partial charge on any atom is 0.175 e. The van der Waals surface area contributed by atoms with Crippen LogP contribution in [0.1, 0.15) is 5.56 Å². The quantitative estimate of drug-likeness (QED) is 0.888. The third kappa shape index (κ3) is 4.21. The summed E-state index contributed by atoms with van der Waals surface area (Å²) in [6.45, 7) is 0.646. The molecule has 2 aromatic carbocycles. The Labute approximate surface area is 129 Å². The summed E-state index contributed by atoms with van der Waals surface area (Å²) in [5.74, 6) is -0.148. The summed E-state index contributed by atoms with van der Waals surface area (Å²) in [6.07, 6.45) is 1.88. The number of rotatable bonds is 6. The fourth-order valence-electron chi connectivity index (χ4n) is 2.03. The molecular formula is C16H18FNO3S. The Morgan fingerprint density at radius 1 is 1.14 bits per heavy atom. The largest absolute Gasteiger partial charge is 0.494 e. The standard InChI is InChI=1S/C16H18FNO3S/c1-21-16-11-12(3-8-15(16)17)9-10-18-13-4-6-14(7-5-13)22(2,19)20/h3-8,11,18H,9-10H2,1-2H3. The maximum atomic E-state index is 13.3. The molecule has 0 aliphatic carbocycles. The van der Waals surface area contributed by atoms with Crippen LogP contribution in [0, 0.1) is 5.82 Å². The van der Waals surface area contributed by atoms with Gasteiger partial charge in [0.2, 0.25) is 0 Å². The summed E-state index contributed by atoms with van der Waals surface area (Å²) in [5.41, 5.74) is 1.79. The lowest BCUT2D eigenvalue weighted by Crippen LogP contribution is -2.05. The first-order chi connectivity index (χ1) is 10.4. The monoisotopic (exact) mass is 323 g/mol. The summed E-state index contributed by atoms with van der Waals surface area (Å²) in [7, 11) is -1.74. The Balaban J connectivity index is 1.94. The molecule has 1 N–H and O–H groups in total. The molecule has 0 aliphatic rings. The lowest BCUT2D eigenvalue weighted by atomic mass is 10.1. The summed E-state index contributed by atoms with van der Waals surface area (Å²) in [6, 6.07) is 11.4. The Morgan fingerprint density at radius 2 is 1.82 bits per heavy atom. The molecular weight excluding hydrogens is 305 g/mol. The lowest BCUT2D eigenvalue weighted by Gasteiger charge is -2.09. The number of hydrogen-bond donors (Lipinski definition) is 1. The molecule has 0 unspecified atom stereocenters. The van der Waals surface area contributed by atoms with Crippen LogP contribution < -0.4 is 10.1 Å². The van der Waals surface area contributed by atoms with E-state index in [9.17, 15) is 12.8 Å². The van der Waals surface area contributed by atoms with E-state index in [2.05, 4.69) is 5.32 Å². The van der Waals surface area contributed by atoms with Crippen LogP contribution in [-0.2, 0) is 16.3 Å². The summed E-state index contributed by atoms with van der Waals surface area (Å²) in [4.78, 5) is 0.293. The second kappa shape index (κ2) is 6.79. The number of nitrogens with one attached hydrogen (secondary N) is 1. The molecule has 0 aliphatic heterocycles. The van der Waals surface area contributed by atoms with Gasteiger partial charge in [-0.2, -0.15) is 0 Å². The van der Waals surface area contributed by atoms with Gasteiger partial charge in [-0.3, -0.25) is 0 Å². The lowest BCUT2D eigenvalue weighted by molar-refractivity contribution is 0.386. The van der Waals surface area contributed by atoms with Crippen molar-refractivity contribution >= 4 is 15.5 Å². The van der Waals surface area contributed by atoms with E-state index >= 15 is 0 Å². The number of anilines is 1. The van der Waals surface area contributed by atoms with Crippen molar-refractivity contribution in [2.75, 3.05) is 25.2 Å². The minimum Gasteiger partial charge on any atom is -0.494 e. The molecule has 0 saturated heterocycles. The zero-order valence-electron chi connectivity index (χ0n) is 12.5. The highest BCUT2D eigenvalue weighted by molar-refractivity contribution is 7.90. The fourth-order valence-corrected chi connectivity index (χ4v) is 2.66. The highest BCUT2D eigenvalue weighted by atomic mass is 32.2. The van der Waals surface area contributed by atoms with E-state index in [-0.39, 0.29) is 11.6 Å². The molecule has 0 saturated carbocycles. The zero-order chi connectivity index (χ0) is 16.2. The molecule has 6 heteroatoms. The van der Waals surface area contributed by atoms with Gasteiger partial charge >= 0.3 is 0 Å². The van der Waals surface area contributed by atoms with Crippen LogP contribution >= 0.6 is 0 Å². The van der Waals surface area contributed by atoms with Crippen LogP contribution in [0.15, 0.2) is 47.4 Å². The van der Waals surface area contributed by atoms with Gasteiger partial charge in [0, 0.05) is 18.5 Å². The molecule has 0 aromatic heterocycles. The molecule has 0 atom stereocenters. The highest BCUT2D eigenvalue weighted by Crippen LogP contribution is 2.19. The van der Waals surface area contributed by atoms with E-state index in [1.807, 2.05) is 0 Å². The topological polar surface area (TPSA) is 55.4 Å². The molecule has 2 aromatic rings. The zero-order valence-corrected chi connectivity index (χ0v) is 13.3. The van der Waals surface area contributed by atoms with Gasteiger partial charge in [0.25, 0.3) is 0 Å². The van der Waals surface area contributed by atoms with Crippen molar-refractivity contribution < 1.29 is 17.5 Å². The van der Waals surface area contributed by atoms with Crippen molar-refractivity contribution in [1.29, 1.82) is 0 Å². The predicted octanol–water partition coefficient (Wildman–Crippen LogP) is 2.89. The minimum absolute atomic E-state index is 0.231. The smallest absolute Gasteiger partial charge is 0.175 e. The summed E-state index contributed by atoms with van der Waals surface area (Å²) >= 11 is 0. The van der Waals surface area contributed by atoms with Crippen molar-refractivity contribution in [3.05, 3.63) is 53.8 Å². The average molecular weight is 323 g/mol. The van der Waals surface area contributed by atoms with Crippen molar-refractivity contribution in [3.8, 4) is 5.75 Å². The van der Waals surface area contributed by atoms with Crippen molar-refractivity contribution in [1.82, 2.24) is 0 Å². The number of ether oxygens (including phenoxy) is 1. The van der Waals surface area contributed by atoms with E-state index in [4.69, 9.17) is 4.74 Å². The van der Waals surface area contributed by atoms with Crippen molar-refractivity contribution in [2.45, 2.75) is 11.3 Å². The molecule has 4 nitrogen and oxygen atoms in total. The van der Waals surface area contributed by atoms with Crippen molar-refractivity contribution in [3.63, 3.8) is 0 Å². The van der Waals surface area contributed by atoms with Crippen LogP contribution in [0.4, 0.5) is 10.1 Å². The number of hydrogen-bond acceptors (Lipinski definition) is 4. The Kier molecular flexibility index (Phi) is 5.03. The highest BCUT2D eigenvalue weighted by Gasteiger charge is 2.06. The first kappa shape index (κ1) is 16.3. The molecule has 2 rings (SSSR count). The fraction of sp³-hybridized carbons (Fsp3) is 0.250. The van der Waals surface area contributed by atoms with Gasteiger partial charge in [-0.15, -0.1) is 0 Å². The van der Waals surface area contributed by atoms with Gasteiger partial charge in [-0.1, -0.05) is 6.07 Å². The van der Waals surface area contributed by atoms with E-state index < -0.39 is 9.84 Å². The Hall–Kier alpha value is -2.08. The first-order valence-electron chi connectivity index (χ1n) is 6.76. The van der Waals surface area contributed by atoms with Crippen LogP contribution in [-0.4, -0.2) is 28.3 Å². The van der Waals surface area contributed by atoms with Crippen LogP contribution in [0.25, 0.3) is 0 Å². The second-order valence-corrected chi connectivity index (χ2v) is 6.96. The number of methoxy groups -OCH3 is 1. The van der Waals surface area contributed by atoms with Gasteiger partial charge in [0.05, 0.1) is 12.0 Å². The molecule has 0 radical (unpaired) electrons. The van der Waals surface area contributed by atoms with E-state index in [1.54, 1.807) is 36.4 Å². The van der Waals surface area contributed by atoms with E-state index in [1.165, 1.54) is 19.4 Å². The van der Waals surface area contributed by atoms with E-state index in [0.29, 0.717) is 17.9 Å². The second-order valence-electron chi connectivity index (χ2n) is 4.94. The van der Waals surface area contributed by atoms with Gasteiger partial charge in [0.15, 0.2) is 21.4 Å². The van der Waals surface area contributed by atoms with E-state index in [0.717, 1.165) is 11.3 Å². The van der Waals surface area contributed by atoms with Gasteiger partial charge < -0.3 is 10.1 Å². The maximum absolute atomic E-state index is 13.3. The van der Waals surface area contributed by atoms with Crippen molar-refractivity contribution in [2.24, 2.45) is 0 Å². The third-order valence-electron chi connectivity index (χ3n) is 3.24. The average Bonchev–Trinajstić information content (AvgIpc) is 2.48. The number of halogens is 1. The number of sulfone groups is 1. The van der Waals surface area contributed by atoms with Crippen LogP contribution in [0.3, 0.4) is 0 Å².